The zero-order chi connectivity index (χ0) is 16.8. The van der Waals surface area contributed by atoms with E-state index in [4.69, 9.17) is 0 Å². The van der Waals surface area contributed by atoms with E-state index < -0.39 is 0 Å². The van der Waals surface area contributed by atoms with Gasteiger partial charge >= 0.3 is 150 Å². The van der Waals surface area contributed by atoms with Gasteiger partial charge in [0.15, 0.2) is 0 Å². The van der Waals surface area contributed by atoms with Gasteiger partial charge in [0, 0.05) is 0 Å². The Kier molecular flexibility index (Phi) is 5.68. The van der Waals surface area contributed by atoms with Crippen LogP contribution in [-0.4, -0.2) is 32.3 Å². The number of carbonyl (C=O) groups is 1. The third-order valence-electron chi connectivity index (χ3n) is 3.98. The summed E-state index contributed by atoms with van der Waals surface area (Å²) in [5, 5.41) is 0. The molecule has 0 spiro atoms. The molecule has 2 nitrogen and oxygen atoms in total. The molecule has 0 fully saturated rings. The van der Waals surface area contributed by atoms with Crippen molar-refractivity contribution in [3.63, 3.8) is 0 Å². The Bertz CT molecular complexity index is 750. The van der Waals surface area contributed by atoms with Gasteiger partial charge in [-0.2, -0.15) is 0 Å². The molecule has 0 atom stereocenters. The van der Waals surface area contributed by atoms with Crippen molar-refractivity contribution in [1.29, 1.82) is 0 Å². The number of amides is 1. The monoisotopic (exact) mass is 383 g/mol. The van der Waals surface area contributed by atoms with Crippen LogP contribution in [0.2, 0.25) is 0 Å². The fourth-order valence-corrected chi connectivity index (χ4v) is 4.80. The van der Waals surface area contributed by atoms with Crippen LogP contribution >= 0.6 is 0 Å². The molecule has 24 heavy (non-hydrogen) atoms. The van der Waals surface area contributed by atoms with Crippen molar-refractivity contribution < 1.29 is 4.79 Å². The Morgan fingerprint density at radius 2 is 1.67 bits per heavy atom. The van der Waals surface area contributed by atoms with Crippen LogP contribution in [0.3, 0.4) is 0 Å². The van der Waals surface area contributed by atoms with Crippen LogP contribution in [0, 0.1) is 0 Å². The molecule has 0 aromatic heterocycles. The van der Waals surface area contributed by atoms with E-state index in [1.807, 2.05) is 29.2 Å². The summed E-state index contributed by atoms with van der Waals surface area (Å²) >= 11 is 0.314. The number of carbonyl (C=O) groups excluding carboxylic acids is 1. The van der Waals surface area contributed by atoms with Gasteiger partial charge in [0.25, 0.3) is 0 Å². The van der Waals surface area contributed by atoms with E-state index >= 15 is 0 Å². The first kappa shape index (κ1) is 16.8. The van der Waals surface area contributed by atoms with Gasteiger partial charge in [-0.3, -0.25) is 0 Å². The molecule has 1 amide bonds. The minimum atomic E-state index is 0.102. The second kappa shape index (κ2) is 8.14. The first-order valence-electron chi connectivity index (χ1n) is 8.22. The topological polar surface area (TPSA) is 20.3 Å². The van der Waals surface area contributed by atoms with Crippen molar-refractivity contribution in [3.05, 3.63) is 88.4 Å². The zero-order valence-electron chi connectivity index (χ0n) is 13.8. The van der Waals surface area contributed by atoms with Gasteiger partial charge in [0.1, 0.15) is 0 Å². The standard InChI is InChI=1S/C21H21NOSe/c1-2-20(24-19-11-7-4-8-12-19)18-13-14-21(23)22(16-18)15-17-9-5-3-6-10-17/h3-14H,2,15-16H2,1H3/b20-18-. The van der Waals surface area contributed by atoms with Gasteiger partial charge in [-0.15, -0.1) is 0 Å². The Hall–Kier alpha value is -2.09. The summed E-state index contributed by atoms with van der Waals surface area (Å²) in [6.45, 7) is 3.59. The molecule has 2 aromatic rings. The molecule has 0 aliphatic carbocycles. The number of allylic oxidation sites excluding steroid dienone is 1. The summed E-state index contributed by atoms with van der Waals surface area (Å²) in [5.74, 6) is 0.102. The van der Waals surface area contributed by atoms with Gasteiger partial charge in [0.2, 0.25) is 0 Å². The fraction of sp³-hybridized carbons (Fsp3) is 0.190. The van der Waals surface area contributed by atoms with Crippen LogP contribution in [-0.2, 0) is 11.3 Å². The predicted molar refractivity (Wildman–Crippen MR) is 100 cm³/mol. The number of rotatable bonds is 5. The van der Waals surface area contributed by atoms with E-state index in [9.17, 15) is 4.79 Å². The van der Waals surface area contributed by atoms with Crippen LogP contribution in [0.5, 0.6) is 0 Å². The number of benzene rings is 2. The average Bonchev–Trinajstić information content (AvgIpc) is 2.63. The minimum absolute atomic E-state index is 0.102. The summed E-state index contributed by atoms with van der Waals surface area (Å²) in [4.78, 5) is 14.2. The summed E-state index contributed by atoms with van der Waals surface area (Å²) in [7, 11) is 0. The molecule has 122 valence electrons. The molecule has 1 aliphatic rings. The van der Waals surface area contributed by atoms with E-state index in [2.05, 4.69) is 49.4 Å². The Balaban J connectivity index is 1.79. The quantitative estimate of drug-likeness (QED) is 0.727. The number of hydrogen-bond donors (Lipinski definition) is 0. The maximum absolute atomic E-state index is 12.2. The van der Waals surface area contributed by atoms with E-state index in [1.54, 1.807) is 6.08 Å². The first-order chi connectivity index (χ1) is 11.8. The van der Waals surface area contributed by atoms with Gasteiger partial charge in [-0.25, -0.2) is 0 Å². The molecule has 2 aromatic carbocycles. The molecule has 0 bridgehead atoms. The Morgan fingerprint density at radius 3 is 2.33 bits per heavy atom. The van der Waals surface area contributed by atoms with Gasteiger partial charge < -0.3 is 0 Å². The van der Waals surface area contributed by atoms with Crippen molar-refractivity contribution in [2.75, 3.05) is 6.54 Å². The van der Waals surface area contributed by atoms with Crippen LogP contribution in [0.15, 0.2) is 82.9 Å². The third-order valence-corrected chi connectivity index (χ3v) is 6.72. The van der Waals surface area contributed by atoms with Crippen molar-refractivity contribution in [3.8, 4) is 0 Å². The number of hydrogen-bond acceptors (Lipinski definition) is 1. The molecular weight excluding hydrogens is 361 g/mol. The van der Waals surface area contributed by atoms with E-state index in [0.717, 1.165) is 6.42 Å². The summed E-state index contributed by atoms with van der Waals surface area (Å²) in [6, 6.07) is 20.8. The predicted octanol–water partition coefficient (Wildman–Crippen LogP) is 3.28. The molecule has 1 heterocycles. The van der Waals surface area contributed by atoms with Crippen LogP contribution in [0.4, 0.5) is 0 Å². The molecule has 0 radical (unpaired) electrons. The van der Waals surface area contributed by atoms with E-state index in [1.165, 1.54) is 20.1 Å². The van der Waals surface area contributed by atoms with Crippen molar-refractivity contribution in [2.24, 2.45) is 0 Å². The summed E-state index contributed by atoms with van der Waals surface area (Å²) < 4.78 is 2.85. The SMILES string of the molecule is CC/C([Se]c1ccccc1)=C1\C=CC(=O)N(Cc2ccccc2)C1. The Labute approximate surface area is 150 Å². The molecule has 0 N–H and O–H groups in total. The number of nitrogens with zero attached hydrogens (tertiary/aromatic N) is 1. The van der Waals surface area contributed by atoms with Crippen molar-refractivity contribution >= 4 is 25.3 Å². The third kappa shape index (κ3) is 4.25. The van der Waals surface area contributed by atoms with Gasteiger partial charge in [0.05, 0.1) is 0 Å². The second-order valence-electron chi connectivity index (χ2n) is 5.73. The van der Waals surface area contributed by atoms with Crippen molar-refractivity contribution in [1.82, 2.24) is 4.90 Å². The first-order valence-corrected chi connectivity index (χ1v) is 9.93. The fourth-order valence-electron chi connectivity index (χ4n) is 2.73. The summed E-state index contributed by atoms with van der Waals surface area (Å²) in [6.07, 6.45) is 4.77. The summed E-state index contributed by atoms with van der Waals surface area (Å²) in [5.41, 5.74) is 2.48. The maximum atomic E-state index is 12.2. The average molecular weight is 382 g/mol. The molecule has 1 aliphatic heterocycles. The molecule has 0 saturated carbocycles. The van der Waals surface area contributed by atoms with Crippen molar-refractivity contribution in [2.45, 2.75) is 19.9 Å². The van der Waals surface area contributed by atoms with Crippen LogP contribution in [0.1, 0.15) is 18.9 Å². The molecule has 0 unspecified atom stereocenters. The van der Waals surface area contributed by atoms with Gasteiger partial charge in [-0.1, -0.05) is 0 Å². The van der Waals surface area contributed by atoms with E-state index in [-0.39, 0.29) is 5.91 Å². The molecule has 3 rings (SSSR count). The second-order valence-corrected chi connectivity index (χ2v) is 8.18. The van der Waals surface area contributed by atoms with Gasteiger partial charge in [-0.05, 0) is 0 Å². The Morgan fingerprint density at radius 1 is 1.00 bits per heavy atom. The zero-order valence-corrected chi connectivity index (χ0v) is 15.5. The van der Waals surface area contributed by atoms with E-state index in [0.29, 0.717) is 28.0 Å². The normalized spacial score (nSPS) is 16.4. The van der Waals surface area contributed by atoms with Crippen LogP contribution in [0.25, 0.3) is 0 Å². The molecule has 0 saturated heterocycles. The van der Waals surface area contributed by atoms with Crippen LogP contribution < -0.4 is 4.46 Å². The molecule has 3 heteroatoms. The molecular formula is C21H21NOSe.